The van der Waals surface area contributed by atoms with Gasteiger partial charge in [-0.15, -0.1) is 0 Å². The smallest absolute Gasteiger partial charge is 0.123 e. The zero-order valence-corrected chi connectivity index (χ0v) is 13.6. The molecule has 2 aromatic carbocycles. The van der Waals surface area contributed by atoms with Crippen LogP contribution in [0.3, 0.4) is 0 Å². The van der Waals surface area contributed by atoms with Crippen molar-refractivity contribution in [3.8, 4) is 5.75 Å². The summed E-state index contributed by atoms with van der Waals surface area (Å²) >= 11 is 5.90. The number of ether oxygens (including phenoxy) is 1. The molecule has 0 aliphatic rings. The molecule has 0 bridgehead atoms. The highest BCUT2D eigenvalue weighted by molar-refractivity contribution is 6.30. The lowest BCUT2D eigenvalue weighted by atomic mass is 10.1. The fourth-order valence-electron chi connectivity index (χ4n) is 2.41. The van der Waals surface area contributed by atoms with E-state index < -0.39 is 0 Å². The number of rotatable bonds is 6. The van der Waals surface area contributed by atoms with Gasteiger partial charge in [-0.1, -0.05) is 17.7 Å². The van der Waals surface area contributed by atoms with E-state index in [9.17, 15) is 0 Å². The first-order valence-corrected chi connectivity index (χ1v) is 7.73. The van der Waals surface area contributed by atoms with Crippen molar-refractivity contribution >= 4 is 17.3 Å². The van der Waals surface area contributed by atoms with E-state index in [0.29, 0.717) is 0 Å². The van der Waals surface area contributed by atoms with Crippen LogP contribution in [0, 0.1) is 0 Å². The molecule has 0 aliphatic carbocycles. The molecule has 1 N–H and O–H groups in total. The Morgan fingerprint density at radius 3 is 2.70 bits per heavy atom. The maximum atomic E-state index is 5.90. The molecule has 0 atom stereocenters. The van der Waals surface area contributed by atoms with Crippen molar-refractivity contribution in [3.63, 3.8) is 0 Å². The minimum Gasteiger partial charge on any atom is -0.496 e. The highest BCUT2D eigenvalue weighted by Crippen LogP contribution is 2.22. The fraction of sp³-hybridized carbons (Fsp3) is 0.167. The number of methoxy groups -OCH3 is 1. The molecular formula is C18H18ClN3O. The maximum Gasteiger partial charge on any atom is 0.123 e. The van der Waals surface area contributed by atoms with Gasteiger partial charge in [0.2, 0.25) is 0 Å². The summed E-state index contributed by atoms with van der Waals surface area (Å²) in [7, 11) is 1.69. The van der Waals surface area contributed by atoms with E-state index in [0.717, 1.165) is 35.1 Å². The molecule has 118 valence electrons. The van der Waals surface area contributed by atoms with E-state index in [1.54, 1.807) is 19.6 Å². The van der Waals surface area contributed by atoms with E-state index in [1.807, 2.05) is 41.1 Å². The molecule has 0 aliphatic heterocycles. The van der Waals surface area contributed by atoms with Gasteiger partial charge in [0.15, 0.2) is 0 Å². The minimum atomic E-state index is 0.734. The summed E-state index contributed by atoms with van der Waals surface area (Å²) < 4.78 is 7.48. The van der Waals surface area contributed by atoms with Crippen LogP contribution in [-0.2, 0) is 13.1 Å². The first-order chi connectivity index (χ1) is 11.2. The summed E-state index contributed by atoms with van der Waals surface area (Å²) in [4.78, 5) is 4.08. The fourth-order valence-corrected chi connectivity index (χ4v) is 2.54. The Morgan fingerprint density at radius 2 is 2.00 bits per heavy atom. The van der Waals surface area contributed by atoms with Gasteiger partial charge in [-0.05, 0) is 42.0 Å². The van der Waals surface area contributed by atoms with Gasteiger partial charge in [-0.2, -0.15) is 0 Å². The summed E-state index contributed by atoms with van der Waals surface area (Å²) in [6.45, 7) is 1.47. The van der Waals surface area contributed by atoms with Crippen LogP contribution < -0.4 is 10.1 Å². The van der Waals surface area contributed by atoms with Crippen LogP contribution in [0.4, 0.5) is 5.69 Å². The monoisotopic (exact) mass is 327 g/mol. The third kappa shape index (κ3) is 4.05. The molecule has 1 heterocycles. The van der Waals surface area contributed by atoms with Crippen LogP contribution in [0.15, 0.2) is 61.2 Å². The number of nitrogens with one attached hydrogen (secondary N) is 1. The predicted octanol–water partition coefficient (Wildman–Crippen LogP) is 4.21. The van der Waals surface area contributed by atoms with Crippen LogP contribution in [0.2, 0.25) is 5.02 Å². The van der Waals surface area contributed by atoms with Gasteiger partial charge in [0.05, 0.1) is 20.0 Å². The van der Waals surface area contributed by atoms with Crippen LogP contribution in [0.1, 0.15) is 11.1 Å². The number of imidazole rings is 1. The lowest BCUT2D eigenvalue weighted by Crippen LogP contribution is -2.03. The largest absolute Gasteiger partial charge is 0.496 e. The Kier molecular flexibility index (Phi) is 4.83. The van der Waals surface area contributed by atoms with Gasteiger partial charge in [0.1, 0.15) is 5.75 Å². The normalized spacial score (nSPS) is 10.5. The zero-order chi connectivity index (χ0) is 16.1. The van der Waals surface area contributed by atoms with E-state index in [4.69, 9.17) is 16.3 Å². The summed E-state index contributed by atoms with van der Waals surface area (Å²) in [6.07, 6.45) is 5.52. The Labute approximate surface area is 140 Å². The minimum absolute atomic E-state index is 0.734. The molecule has 0 amide bonds. The van der Waals surface area contributed by atoms with Crippen molar-refractivity contribution in [1.29, 1.82) is 0 Å². The maximum absolute atomic E-state index is 5.90. The van der Waals surface area contributed by atoms with E-state index in [-0.39, 0.29) is 0 Å². The van der Waals surface area contributed by atoms with Gasteiger partial charge in [0, 0.05) is 35.2 Å². The number of hydrogen-bond acceptors (Lipinski definition) is 3. The lowest BCUT2D eigenvalue weighted by molar-refractivity contribution is 0.408. The Hall–Kier alpha value is -2.46. The van der Waals surface area contributed by atoms with Gasteiger partial charge in [-0.3, -0.25) is 0 Å². The highest BCUT2D eigenvalue weighted by Gasteiger charge is 2.06. The van der Waals surface area contributed by atoms with E-state index in [1.165, 1.54) is 5.56 Å². The van der Waals surface area contributed by atoms with Gasteiger partial charge in [0.25, 0.3) is 0 Å². The summed E-state index contributed by atoms with van der Waals surface area (Å²) in [5.41, 5.74) is 3.36. The molecule has 0 saturated carbocycles. The molecule has 0 saturated heterocycles. The number of hydrogen-bond donors (Lipinski definition) is 1. The van der Waals surface area contributed by atoms with E-state index in [2.05, 4.69) is 22.4 Å². The van der Waals surface area contributed by atoms with Gasteiger partial charge >= 0.3 is 0 Å². The molecule has 3 rings (SSSR count). The van der Waals surface area contributed by atoms with Gasteiger partial charge < -0.3 is 14.6 Å². The second-order valence-electron chi connectivity index (χ2n) is 5.24. The molecule has 0 spiro atoms. The summed E-state index contributed by atoms with van der Waals surface area (Å²) in [5, 5.41) is 4.13. The molecular weight excluding hydrogens is 310 g/mol. The summed E-state index contributed by atoms with van der Waals surface area (Å²) in [5.74, 6) is 0.883. The van der Waals surface area contributed by atoms with Crippen molar-refractivity contribution in [2.75, 3.05) is 12.4 Å². The topological polar surface area (TPSA) is 39.1 Å². The first kappa shape index (κ1) is 15.4. The second kappa shape index (κ2) is 7.20. The number of benzene rings is 2. The van der Waals surface area contributed by atoms with Gasteiger partial charge in [-0.25, -0.2) is 4.98 Å². The van der Waals surface area contributed by atoms with Crippen molar-refractivity contribution in [2.45, 2.75) is 13.1 Å². The average molecular weight is 328 g/mol. The Balaban J connectivity index is 1.73. The number of nitrogens with zero attached hydrogens (tertiary/aromatic N) is 2. The van der Waals surface area contributed by atoms with Crippen LogP contribution in [0.5, 0.6) is 5.75 Å². The third-order valence-electron chi connectivity index (χ3n) is 3.60. The quantitative estimate of drug-likeness (QED) is 0.737. The predicted molar refractivity (Wildman–Crippen MR) is 93.1 cm³/mol. The highest BCUT2D eigenvalue weighted by atomic mass is 35.5. The lowest BCUT2D eigenvalue weighted by Gasteiger charge is -2.12. The Bertz CT molecular complexity index is 754. The average Bonchev–Trinajstić information content (AvgIpc) is 3.07. The van der Waals surface area contributed by atoms with Crippen LogP contribution in [0.25, 0.3) is 0 Å². The van der Waals surface area contributed by atoms with Crippen molar-refractivity contribution in [3.05, 3.63) is 77.3 Å². The van der Waals surface area contributed by atoms with Crippen LogP contribution >= 0.6 is 11.6 Å². The molecule has 0 unspecified atom stereocenters. The second-order valence-corrected chi connectivity index (χ2v) is 5.68. The van der Waals surface area contributed by atoms with Crippen molar-refractivity contribution in [1.82, 2.24) is 9.55 Å². The first-order valence-electron chi connectivity index (χ1n) is 7.35. The molecule has 1 aromatic heterocycles. The number of halogens is 1. The molecule has 4 nitrogen and oxygen atoms in total. The molecule has 3 aromatic rings. The van der Waals surface area contributed by atoms with Crippen molar-refractivity contribution < 1.29 is 4.74 Å². The standard InChI is InChI=1S/C18H18ClN3O/c1-23-18-7-2-14(10-15(18)12-22-9-8-20-13-22)11-21-17-5-3-16(19)4-6-17/h2-10,13,21H,11-12H2,1H3. The van der Waals surface area contributed by atoms with E-state index >= 15 is 0 Å². The zero-order valence-electron chi connectivity index (χ0n) is 12.9. The molecule has 23 heavy (non-hydrogen) atoms. The van der Waals surface area contributed by atoms with Crippen molar-refractivity contribution in [2.24, 2.45) is 0 Å². The molecule has 0 radical (unpaired) electrons. The number of anilines is 1. The summed E-state index contributed by atoms with van der Waals surface area (Å²) in [6, 6.07) is 13.9. The van der Waals surface area contributed by atoms with Crippen LogP contribution in [-0.4, -0.2) is 16.7 Å². The third-order valence-corrected chi connectivity index (χ3v) is 3.85. The Morgan fingerprint density at radius 1 is 1.17 bits per heavy atom. The molecule has 0 fully saturated rings. The SMILES string of the molecule is COc1ccc(CNc2ccc(Cl)cc2)cc1Cn1ccnc1. The molecule has 5 heteroatoms. The number of aromatic nitrogens is 2.